The van der Waals surface area contributed by atoms with Crippen LogP contribution in [-0.4, -0.2) is 38.1 Å². The van der Waals surface area contributed by atoms with Crippen LogP contribution in [0.1, 0.15) is 32.4 Å². The minimum absolute atomic E-state index is 0.0136. The summed E-state index contributed by atoms with van der Waals surface area (Å²) in [4.78, 5) is 16.5. The number of fused-ring (bicyclic) bond motifs is 1. The SMILES string of the molecule is [2H]C([2H])(O)Cc1ccc(-n2ccc(C(C)c3ccc4c(c3)sc(=O)n4COC)n2)nc1. The molecule has 0 saturated carbocycles. The predicted molar refractivity (Wildman–Crippen MR) is 113 cm³/mol. The Morgan fingerprint density at radius 1 is 1.31 bits per heavy atom. The van der Waals surface area contributed by atoms with E-state index >= 15 is 0 Å². The van der Waals surface area contributed by atoms with Crippen molar-refractivity contribution in [3.05, 3.63) is 75.3 Å². The summed E-state index contributed by atoms with van der Waals surface area (Å²) in [5, 5.41) is 13.9. The molecule has 0 aliphatic heterocycles. The fourth-order valence-corrected chi connectivity index (χ4v) is 4.15. The highest BCUT2D eigenvalue weighted by atomic mass is 32.1. The van der Waals surface area contributed by atoms with Gasteiger partial charge < -0.3 is 9.84 Å². The fraction of sp³-hybridized carbons (Fsp3) is 0.286. The molecule has 1 N–H and O–H groups in total. The molecule has 4 rings (SSSR count). The zero-order valence-corrected chi connectivity index (χ0v) is 16.9. The average Bonchev–Trinajstić information content (AvgIpc) is 3.32. The van der Waals surface area contributed by atoms with E-state index in [4.69, 9.17) is 7.48 Å². The van der Waals surface area contributed by atoms with Crippen molar-refractivity contribution in [2.75, 3.05) is 13.7 Å². The van der Waals surface area contributed by atoms with Crippen molar-refractivity contribution >= 4 is 21.6 Å². The first-order valence-electron chi connectivity index (χ1n) is 10.1. The van der Waals surface area contributed by atoms with E-state index in [1.54, 1.807) is 28.5 Å². The third-order valence-electron chi connectivity index (χ3n) is 4.83. The van der Waals surface area contributed by atoms with Crippen LogP contribution >= 0.6 is 11.3 Å². The summed E-state index contributed by atoms with van der Waals surface area (Å²) in [5.41, 5.74) is 3.37. The van der Waals surface area contributed by atoms with Crippen molar-refractivity contribution in [3.8, 4) is 5.82 Å². The smallest absolute Gasteiger partial charge is 0.310 e. The normalized spacial score (nSPS) is 14.0. The Balaban J connectivity index is 1.57. The predicted octanol–water partition coefficient (Wildman–Crippen LogP) is 2.93. The highest BCUT2D eigenvalue weighted by Crippen LogP contribution is 2.27. The lowest BCUT2D eigenvalue weighted by Crippen LogP contribution is -2.13. The molecular formula is C21H22N4O3S. The number of aryl methyl sites for hydroxylation is 1. The van der Waals surface area contributed by atoms with Crippen molar-refractivity contribution in [1.29, 1.82) is 0 Å². The van der Waals surface area contributed by atoms with Crippen LogP contribution < -0.4 is 4.87 Å². The summed E-state index contributed by atoms with van der Waals surface area (Å²) >= 11 is 1.20. The standard InChI is InChI=1S/C21H22N4O3S/c1-14(16-4-5-18-19(11-16)29-21(27)24(18)13-28-2)17-7-9-25(23-17)20-6-3-15(8-10-26)12-22-20/h3-7,9,11-12,14,26H,8,10,13H2,1-2H3/i10D2. The Morgan fingerprint density at radius 3 is 2.90 bits per heavy atom. The van der Waals surface area contributed by atoms with Crippen LogP contribution in [0, 0.1) is 0 Å². The van der Waals surface area contributed by atoms with Gasteiger partial charge in [0.2, 0.25) is 0 Å². The zero-order chi connectivity index (χ0) is 22.2. The maximum Gasteiger partial charge on any atom is 0.310 e. The lowest BCUT2D eigenvalue weighted by atomic mass is 9.98. The molecule has 3 aromatic heterocycles. The van der Waals surface area contributed by atoms with Crippen molar-refractivity contribution in [1.82, 2.24) is 19.3 Å². The molecule has 1 atom stereocenters. The summed E-state index contributed by atoms with van der Waals surface area (Å²) in [5.74, 6) is 0.616. The van der Waals surface area contributed by atoms with E-state index in [-0.39, 0.29) is 23.9 Å². The Hall–Kier alpha value is -2.81. The molecule has 1 aromatic carbocycles. The zero-order valence-electron chi connectivity index (χ0n) is 18.1. The first kappa shape index (κ1) is 17.1. The molecule has 3 heterocycles. The highest BCUT2D eigenvalue weighted by Gasteiger charge is 2.15. The molecule has 0 bridgehead atoms. The van der Waals surface area contributed by atoms with Gasteiger partial charge in [0.25, 0.3) is 0 Å². The molecule has 0 aliphatic carbocycles. The number of thiazole rings is 1. The maximum absolute atomic E-state index is 12.2. The molecule has 0 aliphatic rings. The second-order valence-electron chi connectivity index (χ2n) is 6.71. The van der Waals surface area contributed by atoms with E-state index in [0.29, 0.717) is 11.4 Å². The number of ether oxygens (including phenoxy) is 1. The van der Waals surface area contributed by atoms with Gasteiger partial charge in [0, 0.05) is 32.0 Å². The van der Waals surface area contributed by atoms with Crippen LogP contribution in [0.3, 0.4) is 0 Å². The van der Waals surface area contributed by atoms with Gasteiger partial charge in [0.05, 0.1) is 18.7 Å². The largest absolute Gasteiger partial charge is 0.396 e. The number of aliphatic hydroxyl groups is 1. The van der Waals surface area contributed by atoms with E-state index in [9.17, 15) is 9.90 Å². The van der Waals surface area contributed by atoms with Crippen molar-refractivity contribution in [2.45, 2.75) is 26.0 Å². The van der Waals surface area contributed by atoms with Gasteiger partial charge in [-0.25, -0.2) is 9.67 Å². The molecule has 0 radical (unpaired) electrons. The number of pyridine rings is 1. The first-order chi connectivity index (χ1) is 14.7. The molecule has 7 nitrogen and oxygen atoms in total. The Labute approximate surface area is 174 Å². The molecule has 0 saturated heterocycles. The van der Waals surface area contributed by atoms with Gasteiger partial charge in [-0.05, 0) is 41.8 Å². The monoisotopic (exact) mass is 412 g/mol. The Bertz CT molecular complexity index is 1260. The molecule has 4 aromatic rings. The van der Waals surface area contributed by atoms with Gasteiger partial charge in [-0.15, -0.1) is 0 Å². The summed E-state index contributed by atoms with van der Waals surface area (Å²) in [6.45, 7) is 0.0201. The fourth-order valence-electron chi connectivity index (χ4n) is 3.22. The quantitative estimate of drug-likeness (QED) is 0.505. The minimum atomic E-state index is -2.27. The average molecular weight is 413 g/mol. The molecular weight excluding hydrogens is 388 g/mol. The number of methoxy groups -OCH3 is 1. The van der Waals surface area contributed by atoms with Crippen LogP contribution in [0.4, 0.5) is 0 Å². The topological polar surface area (TPSA) is 82.2 Å². The number of hydrogen-bond donors (Lipinski definition) is 1. The summed E-state index contributed by atoms with van der Waals surface area (Å²) < 4.78 is 23.8. The number of nitrogens with zero attached hydrogens (tertiary/aromatic N) is 4. The lowest BCUT2D eigenvalue weighted by molar-refractivity contribution is 0.133. The third-order valence-corrected chi connectivity index (χ3v) is 5.77. The minimum Gasteiger partial charge on any atom is -0.396 e. The number of aromatic nitrogens is 4. The molecule has 8 heteroatoms. The van der Waals surface area contributed by atoms with Crippen molar-refractivity contribution in [3.63, 3.8) is 0 Å². The molecule has 0 spiro atoms. The van der Waals surface area contributed by atoms with E-state index < -0.39 is 6.56 Å². The van der Waals surface area contributed by atoms with Gasteiger partial charge in [0.1, 0.15) is 6.73 Å². The summed E-state index contributed by atoms with van der Waals surface area (Å²) in [7, 11) is 1.57. The van der Waals surface area contributed by atoms with Gasteiger partial charge in [0.15, 0.2) is 5.82 Å². The first-order valence-corrected chi connectivity index (χ1v) is 9.92. The van der Waals surface area contributed by atoms with E-state index in [1.165, 1.54) is 17.5 Å². The summed E-state index contributed by atoms with van der Waals surface area (Å²) in [6.07, 6.45) is 3.24. The van der Waals surface area contributed by atoms with Crippen LogP contribution in [0.5, 0.6) is 0 Å². The number of hydrogen-bond acceptors (Lipinski definition) is 6. The van der Waals surface area contributed by atoms with E-state index in [1.807, 2.05) is 30.5 Å². The molecule has 29 heavy (non-hydrogen) atoms. The van der Waals surface area contributed by atoms with Crippen LogP contribution in [0.2, 0.25) is 0 Å². The molecule has 150 valence electrons. The third kappa shape index (κ3) is 3.87. The van der Waals surface area contributed by atoms with Crippen LogP contribution in [0.15, 0.2) is 53.6 Å². The van der Waals surface area contributed by atoms with Crippen molar-refractivity contribution in [2.24, 2.45) is 0 Å². The van der Waals surface area contributed by atoms with Gasteiger partial charge in [-0.3, -0.25) is 9.36 Å². The summed E-state index contributed by atoms with van der Waals surface area (Å²) in [6, 6.07) is 11.4. The second-order valence-corrected chi connectivity index (χ2v) is 7.70. The lowest BCUT2D eigenvalue weighted by Gasteiger charge is -2.10. The number of benzene rings is 1. The molecule has 0 fully saturated rings. The number of rotatable bonds is 7. The van der Waals surface area contributed by atoms with Gasteiger partial charge in [-0.2, -0.15) is 5.10 Å². The van der Waals surface area contributed by atoms with Gasteiger partial charge in [-0.1, -0.05) is 30.4 Å². The van der Waals surface area contributed by atoms with Crippen LogP contribution in [0.25, 0.3) is 16.0 Å². The molecule has 0 amide bonds. The van der Waals surface area contributed by atoms with E-state index in [0.717, 1.165) is 21.5 Å². The Kier molecular flexibility index (Phi) is 4.88. The van der Waals surface area contributed by atoms with E-state index in [2.05, 4.69) is 17.0 Å². The second kappa shape index (κ2) is 8.28. The van der Waals surface area contributed by atoms with Crippen molar-refractivity contribution < 1.29 is 12.6 Å². The van der Waals surface area contributed by atoms with Gasteiger partial charge >= 0.3 is 4.87 Å². The Morgan fingerprint density at radius 2 is 2.17 bits per heavy atom. The molecule has 1 unspecified atom stereocenters. The highest BCUT2D eigenvalue weighted by molar-refractivity contribution is 7.16. The van der Waals surface area contributed by atoms with Crippen LogP contribution in [-0.2, 0) is 17.9 Å². The maximum atomic E-state index is 12.2.